The standard InChI is InChI=1S/C11H6F3NO3/c12-8-3-6(1-2-10(16)17)7(5-15)4-9(8)18-11(13)14/h1-4,11H,(H,16,17)/b2-1+. The van der Waals surface area contributed by atoms with Crippen LogP contribution < -0.4 is 4.74 Å². The highest BCUT2D eigenvalue weighted by atomic mass is 19.3. The maximum Gasteiger partial charge on any atom is 0.387 e. The van der Waals surface area contributed by atoms with Gasteiger partial charge >= 0.3 is 12.6 Å². The number of carboxylic acids is 1. The molecule has 1 N–H and O–H groups in total. The molecule has 0 radical (unpaired) electrons. The van der Waals surface area contributed by atoms with Crippen LogP contribution in [0, 0.1) is 17.1 Å². The molecule has 0 unspecified atom stereocenters. The largest absolute Gasteiger partial charge is 0.478 e. The van der Waals surface area contributed by atoms with Gasteiger partial charge in [0.15, 0.2) is 11.6 Å². The lowest BCUT2D eigenvalue weighted by atomic mass is 10.1. The van der Waals surface area contributed by atoms with Crippen LogP contribution >= 0.6 is 0 Å². The van der Waals surface area contributed by atoms with Gasteiger partial charge in [-0.15, -0.1) is 0 Å². The Morgan fingerprint density at radius 1 is 1.50 bits per heavy atom. The van der Waals surface area contributed by atoms with E-state index in [1.807, 2.05) is 0 Å². The summed E-state index contributed by atoms with van der Waals surface area (Å²) >= 11 is 0. The Morgan fingerprint density at radius 3 is 2.67 bits per heavy atom. The van der Waals surface area contributed by atoms with E-state index in [0.717, 1.165) is 18.2 Å². The Morgan fingerprint density at radius 2 is 2.17 bits per heavy atom. The van der Waals surface area contributed by atoms with Crippen LogP contribution in [0.3, 0.4) is 0 Å². The zero-order valence-electron chi connectivity index (χ0n) is 8.73. The van der Waals surface area contributed by atoms with Crippen LogP contribution in [-0.4, -0.2) is 17.7 Å². The molecule has 1 aromatic rings. The summed E-state index contributed by atoms with van der Waals surface area (Å²) in [6.45, 7) is -3.22. The molecular weight excluding hydrogens is 251 g/mol. The van der Waals surface area contributed by atoms with Crippen molar-refractivity contribution in [2.75, 3.05) is 0 Å². The van der Waals surface area contributed by atoms with E-state index in [9.17, 15) is 18.0 Å². The second-order valence-corrected chi connectivity index (χ2v) is 3.03. The zero-order chi connectivity index (χ0) is 13.7. The molecular formula is C11H6F3NO3. The molecule has 0 atom stereocenters. The summed E-state index contributed by atoms with van der Waals surface area (Å²) in [6.07, 6.45) is 1.68. The number of benzene rings is 1. The normalized spacial score (nSPS) is 10.6. The molecule has 0 aliphatic heterocycles. The zero-order valence-corrected chi connectivity index (χ0v) is 8.73. The first-order valence-corrected chi connectivity index (χ1v) is 4.53. The summed E-state index contributed by atoms with van der Waals surface area (Å²) in [5, 5.41) is 17.1. The number of halogens is 3. The average molecular weight is 257 g/mol. The first kappa shape index (κ1) is 13.6. The molecule has 0 amide bonds. The molecule has 0 saturated heterocycles. The number of hydrogen-bond acceptors (Lipinski definition) is 3. The summed E-state index contributed by atoms with van der Waals surface area (Å²) in [6, 6.07) is 3.15. The van der Waals surface area contributed by atoms with Gasteiger partial charge in [-0.2, -0.15) is 14.0 Å². The number of nitrogens with zero attached hydrogens (tertiary/aromatic N) is 1. The number of nitriles is 1. The maximum atomic E-state index is 13.3. The molecule has 18 heavy (non-hydrogen) atoms. The lowest BCUT2D eigenvalue weighted by Crippen LogP contribution is -2.04. The molecule has 7 heteroatoms. The third kappa shape index (κ3) is 3.52. The number of ether oxygens (including phenoxy) is 1. The van der Waals surface area contributed by atoms with Gasteiger partial charge in [-0.05, 0) is 17.7 Å². The molecule has 0 aliphatic carbocycles. The molecule has 94 valence electrons. The maximum absolute atomic E-state index is 13.3. The van der Waals surface area contributed by atoms with Gasteiger partial charge in [0.1, 0.15) is 0 Å². The molecule has 0 aromatic heterocycles. The van der Waals surface area contributed by atoms with Crippen molar-refractivity contribution in [1.29, 1.82) is 5.26 Å². The average Bonchev–Trinajstić information content (AvgIpc) is 2.28. The fourth-order valence-electron chi connectivity index (χ4n) is 1.15. The van der Waals surface area contributed by atoms with Gasteiger partial charge < -0.3 is 9.84 Å². The summed E-state index contributed by atoms with van der Waals surface area (Å²) in [5.74, 6) is -3.17. The van der Waals surface area contributed by atoms with Crippen LogP contribution in [0.25, 0.3) is 6.08 Å². The van der Waals surface area contributed by atoms with Gasteiger partial charge in [-0.3, -0.25) is 0 Å². The molecule has 0 fully saturated rings. The van der Waals surface area contributed by atoms with Gasteiger partial charge in [0, 0.05) is 12.1 Å². The summed E-state index contributed by atoms with van der Waals surface area (Å²) < 4.78 is 41.0. The minimum Gasteiger partial charge on any atom is -0.478 e. The van der Waals surface area contributed by atoms with Crippen molar-refractivity contribution in [1.82, 2.24) is 0 Å². The molecule has 4 nitrogen and oxygen atoms in total. The van der Waals surface area contributed by atoms with Crippen molar-refractivity contribution < 1.29 is 27.8 Å². The molecule has 0 saturated carbocycles. The lowest BCUT2D eigenvalue weighted by Gasteiger charge is -2.07. The Balaban J connectivity index is 3.19. The summed E-state index contributed by atoms with van der Waals surface area (Å²) in [7, 11) is 0. The van der Waals surface area contributed by atoms with Gasteiger partial charge in [-0.1, -0.05) is 0 Å². The van der Waals surface area contributed by atoms with E-state index in [2.05, 4.69) is 4.74 Å². The van der Waals surface area contributed by atoms with E-state index in [1.165, 1.54) is 0 Å². The Hall–Kier alpha value is -2.49. The van der Waals surface area contributed by atoms with Crippen molar-refractivity contribution >= 4 is 12.0 Å². The number of alkyl halides is 2. The summed E-state index contributed by atoms with van der Waals surface area (Å²) in [5.41, 5.74) is -0.219. The van der Waals surface area contributed by atoms with Crippen LogP contribution in [-0.2, 0) is 4.79 Å². The quantitative estimate of drug-likeness (QED) is 0.841. The third-order valence-electron chi connectivity index (χ3n) is 1.85. The number of rotatable bonds is 4. The molecule has 0 heterocycles. The van der Waals surface area contributed by atoms with Gasteiger partial charge in [0.05, 0.1) is 11.6 Å². The van der Waals surface area contributed by atoms with Gasteiger partial charge in [0.25, 0.3) is 0 Å². The SMILES string of the molecule is N#Cc1cc(OC(F)F)c(F)cc1/C=C/C(=O)O. The highest BCUT2D eigenvalue weighted by Gasteiger charge is 2.13. The number of carbonyl (C=O) groups is 1. The smallest absolute Gasteiger partial charge is 0.387 e. The second-order valence-electron chi connectivity index (χ2n) is 3.03. The molecule has 1 rings (SSSR count). The molecule has 0 aliphatic rings. The molecule has 1 aromatic carbocycles. The topological polar surface area (TPSA) is 70.3 Å². The Bertz CT molecular complexity index is 535. The Kier molecular flexibility index (Phi) is 4.32. The minimum absolute atomic E-state index is 0.0426. The predicted molar refractivity (Wildman–Crippen MR) is 54.4 cm³/mol. The van der Waals surface area contributed by atoms with Gasteiger partial charge in [0.2, 0.25) is 0 Å². The number of aliphatic carboxylic acids is 1. The van der Waals surface area contributed by atoms with E-state index in [1.54, 1.807) is 6.07 Å². The minimum atomic E-state index is -3.22. The van der Waals surface area contributed by atoms with Crippen molar-refractivity contribution in [3.8, 4) is 11.8 Å². The fourth-order valence-corrected chi connectivity index (χ4v) is 1.15. The van der Waals surface area contributed by atoms with Crippen molar-refractivity contribution in [3.05, 3.63) is 35.2 Å². The molecule has 0 spiro atoms. The second kappa shape index (κ2) is 5.72. The van der Waals surface area contributed by atoms with Crippen LogP contribution in [0.2, 0.25) is 0 Å². The van der Waals surface area contributed by atoms with E-state index < -0.39 is 24.1 Å². The fraction of sp³-hybridized carbons (Fsp3) is 0.0909. The lowest BCUT2D eigenvalue weighted by molar-refractivity contribution is -0.131. The predicted octanol–water partition coefficient (Wildman–Crippen LogP) is 2.40. The van der Waals surface area contributed by atoms with Crippen molar-refractivity contribution in [2.45, 2.75) is 6.61 Å². The molecule has 0 bridgehead atoms. The van der Waals surface area contributed by atoms with Gasteiger partial charge in [-0.25, -0.2) is 9.18 Å². The van der Waals surface area contributed by atoms with E-state index in [0.29, 0.717) is 6.08 Å². The number of hydrogen-bond donors (Lipinski definition) is 1. The first-order valence-electron chi connectivity index (χ1n) is 4.53. The third-order valence-corrected chi connectivity index (χ3v) is 1.85. The van der Waals surface area contributed by atoms with Crippen molar-refractivity contribution in [3.63, 3.8) is 0 Å². The monoisotopic (exact) mass is 257 g/mol. The van der Waals surface area contributed by atoms with E-state index in [-0.39, 0.29) is 11.1 Å². The first-order chi connectivity index (χ1) is 8.43. The van der Waals surface area contributed by atoms with E-state index >= 15 is 0 Å². The van der Waals surface area contributed by atoms with Crippen LogP contribution in [0.15, 0.2) is 18.2 Å². The van der Waals surface area contributed by atoms with Crippen LogP contribution in [0.4, 0.5) is 13.2 Å². The highest BCUT2D eigenvalue weighted by Crippen LogP contribution is 2.24. The Labute approximate surface area is 99.5 Å². The van der Waals surface area contributed by atoms with Crippen LogP contribution in [0.1, 0.15) is 11.1 Å². The number of carboxylic acid groups (broad SMARTS) is 1. The summed E-state index contributed by atoms with van der Waals surface area (Å²) in [4.78, 5) is 10.3. The van der Waals surface area contributed by atoms with Crippen LogP contribution in [0.5, 0.6) is 5.75 Å². The van der Waals surface area contributed by atoms with E-state index in [4.69, 9.17) is 10.4 Å². The van der Waals surface area contributed by atoms with Crippen molar-refractivity contribution in [2.24, 2.45) is 0 Å². The highest BCUT2D eigenvalue weighted by molar-refractivity contribution is 5.85.